The van der Waals surface area contributed by atoms with Crippen LogP contribution in [0, 0.1) is 6.92 Å². The molecule has 0 saturated carbocycles. The normalized spacial score (nSPS) is 17.1. The zero-order valence-electron chi connectivity index (χ0n) is 14.3. The molecular formula is C19H15ClN2O4S. The molecule has 2 aromatic rings. The van der Waals surface area contributed by atoms with Crippen molar-refractivity contribution < 1.29 is 19.1 Å². The van der Waals surface area contributed by atoms with Crippen LogP contribution in [0.2, 0.25) is 5.02 Å². The van der Waals surface area contributed by atoms with Gasteiger partial charge >= 0.3 is 0 Å². The molecule has 2 aliphatic heterocycles. The van der Waals surface area contributed by atoms with Crippen LogP contribution in [0.15, 0.2) is 41.3 Å². The van der Waals surface area contributed by atoms with E-state index in [1.807, 2.05) is 25.1 Å². The van der Waals surface area contributed by atoms with Gasteiger partial charge in [-0.25, -0.2) is 0 Å². The van der Waals surface area contributed by atoms with E-state index in [9.17, 15) is 9.59 Å². The Morgan fingerprint density at radius 2 is 2.00 bits per heavy atom. The number of carbonyl (C=O) groups excluding carboxylic acids is 2. The summed E-state index contributed by atoms with van der Waals surface area (Å²) in [5.74, 6) is 0.954. The molecule has 1 saturated heterocycles. The molecule has 0 spiro atoms. The lowest BCUT2D eigenvalue weighted by molar-refractivity contribution is -0.122. The average molecular weight is 403 g/mol. The summed E-state index contributed by atoms with van der Waals surface area (Å²) in [6, 6.07) is 10.9. The summed E-state index contributed by atoms with van der Waals surface area (Å²) in [5, 5.41) is 3.36. The van der Waals surface area contributed by atoms with E-state index in [2.05, 4.69) is 5.32 Å². The lowest BCUT2D eigenvalue weighted by atomic mass is 10.2. The average Bonchev–Trinajstić information content (AvgIpc) is 3.21. The molecule has 0 atom stereocenters. The molecular weight excluding hydrogens is 388 g/mol. The molecule has 2 amide bonds. The zero-order chi connectivity index (χ0) is 19.0. The van der Waals surface area contributed by atoms with Crippen LogP contribution in [0.25, 0.3) is 6.08 Å². The maximum Gasteiger partial charge on any atom is 0.295 e. The highest BCUT2D eigenvalue weighted by molar-refractivity contribution is 8.18. The van der Waals surface area contributed by atoms with Gasteiger partial charge in [-0.05, 0) is 60.2 Å². The number of imide groups is 1. The number of nitrogens with zero attached hydrogens (tertiary/aromatic N) is 1. The zero-order valence-corrected chi connectivity index (χ0v) is 15.9. The molecule has 27 heavy (non-hydrogen) atoms. The summed E-state index contributed by atoms with van der Waals surface area (Å²) in [7, 11) is 0. The van der Waals surface area contributed by atoms with Gasteiger partial charge in [-0.1, -0.05) is 23.7 Å². The maximum atomic E-state index is 12.6. The summed E-state index contributed by atoms with van der Waals surface area (Å²) in [6.45, 7) is 2.16. The lowest BCUT2D eigenvalue weighted by Crippen LogP contribution is -2.33. The molecule has 1 fully saturated rings. The molecule has 0 unspecified atom stereocenters. The topological polar surface area (TPSA) is 67.9 Å². The summed E-state index contributed by atoms with van der Waals surface area (Å²) >= 11 is 7.01. The van der Waals surface area contributed by atoms with Crippen molar-refractivity contribution in [3.05, 3.63) is 57.5 Å². The number of anilines is 1. The fourth-order valence-corrected chi connectivity index (χ4v) is 3.68. The monoisotopic (exact) mass is 402 g/mol. The van der Waals surface area contributed by atoms with Gasteiger partial charge in [-0.15, -0.1) is 0 Å². The molecule has 0 bridgehead atoms. The van der Waals surface area contributed by atoms with Gasteiger partial charge in [0, 0.05) is 10.7 Å². The Bertz CT molecular complexity index is 976. The SMILES string of the molecule is Cc1ccc(NCN2C(=O)S/C(=C\c3ccc4c(c3)OCO4)C2=O)cc1Cl. The number of halogens is 1. The summed E-state index contributed by atoms with van der Waals surface area (Å²) in [6.07, 6.45) is 1.68. The van der Waals surface area contributed by atoms with Crippen LogP contribution in [0.4, 0.5) is 10.5 Å². The molecule has 4 rings (SSSR count). The van der Waals surface area contributed by atoms with Crippen LogP contribution in [-0.4, -0.2) is 29.5 Å². The molecule has 0 radical (unpaired) electrons. The molecule has 0 aromatic heterocycles. The van der Waals surface area contributed by atoms with E-state index in [0.717, 1.165) is 33.5 Å². The Kier molecular flexibility index (Phi) is 4.72. The first-order chi connectivity index (χ1) is 13.0. The standard InChI is InChI=1S/C19H15ClN2O4S/c1-11-2-4-13(8-14(11)20)21-9-22-18(23)17(27-19(22)24)7-12-3-5-15-16(6-12)26-10-25-15/h2-8,21H,9-10H2,1H3/b17-7-. The van der Waals surface area contributed by atoms with Gasteiger partial charge in [0.25, 0.3) is 11.1 Å². The van der Waals surface area contributed by atoms with Crippen molar-refractivity contribution in [3.63, 3.8) is 0 Å². The van der Waals surface area contributed by atoms with Crippen molar-refractivity contribution in [2.24, 2.45) is 0 Å². The van der Waals surface area contributed by atoms with Crippen molar-refractivity contribution in [2.75, 3.05) is 18.8 Å². The number of hydrogen-bond acceptors (Lipinski definition) is 6. The number of aryl methyl sites for hydroxylation is 1. The molecule has 2 aromatic carbocycles. The van der Waals surface area contributed by atoms with Crippen LogP contribution in [0.3, 0.4) is 0 Å². The second-order valence-electron chi connectivity index (χ2n) is 6.02. The first-order valence-corrected chi connectivity index (χ1v) is 9.36. The first kappa shape index (κ1) is 17.8. The lowest BCUT2D eigenvalue weighted by Gasteiger charge is -2.15. The van der Waals surface area contributed by atoms with Gasteiger partial charge in [0.2, 0.25) is 6.79 Å². The van der Waals surface area contributed by atoms with E-state index in [-0.39, 0.29) is 24.6 Å². The Labute approximate surface area is 165 Å². The Hall–Kier alpha value is -2.64. The predicted molar refractivity (Wildman–Crippen MR) is 105 cm³/mol. The minimum absolute atomic E-state index is 0.0720. The van der Waals surface area contributed by atoms with Crippen LogP contribution < -0.4 is 14.8 Å². The highest BCUT2D eigenvalue weighted by atomic mass is 35.5. The minimum Gasteiger partial charge on any atom is -0.454 e. The largest absolute Gasteiger partial charge is 0.454 e. The quantitative estimate of drug-likeness (QED) is 0.760. The van der Waals surface area contributed by atoms with E-state index in [1.54, 1.807) is 24.3 Å². The van der Waals surface area contributed by atoms with Gasteiger partial charge in [-0.2, -0.15) is 0 Å². The number of ether oxygens (including phenoxy) is 2. The molecule has 138 valence electrons. The molecule has 6 nitrogen and oxygen atoms in total. The van der Waals surface area contributed by atoms with E-state index < -0.39 is 0 Å². The summed E-state index contributed by atoms with van der Waals surface area (Å²) in [4.78, 5) is 26.3. The van der Waals surface area contributed by atoms with E-state index in [0.29, 0.717) is 21.4 Å². The van der Waals surface area contributed by atoms with E-state index >= 15 is 0 Å². The van der Waals surface area contributed by atoms with Gasteiger partial charge in [0.1, 0.15) is 0 Å². The maximum absolute atomic E-state index is 12.6. The van der Waals surface area contributed by atoms with Crippen LogP contribution in [-0.2, 0) is 4.79 Å². The number of benzene rings is 2. The number of amides is 2. The molecule has 2 heterocycles. The minimum atomic E-state index is -0.339. The summed E-state index contributed by atoms with van der Waals surface area (Å²) in [5.41, 5.74) is 2.47. The second-order valence-corrected chi connectivity index (χ2v) is 7.42. The number of thioether (sulfide) groups is 1. The van der Waals surface area contributed by atoms with Gasteiger partial charge in [0.05, 0.1) is 11.6 Å². The third kappa shape index (κ3) is 3.61. The third-order valence-electron chi connectivity index (χ3n) is 4.18. The number of nitrogens with one attached hydrogen (secondary N) is 1. The van der Waals surface area contributed by atoms with Gasteiger partial charge in [0.15, 0.2) is 11.5 Å². The molecule has 0 aliphatic carbocycles. The number of fused-ring (bicyclic) bond motifs is 1. The van der Waals surface area contributed by atoms with Crippen LogP contribution >= 0.6 is 23.4 Å². The first-order valence-electron chi connectivity index (χ1n) is 8.16. The molecule has 8 heteroatoms. The second kappa shape index (κ2) is 7.17. The van der Waals surface area contributed by atoms with Crippen LogP contribution in [0.1, 0.15) is 11.1 Å². The van der Waals surface area contributed by atoms with Crippen molar-refractivity contribution in [2.45, 2.75) is 6.92 Å². The molecule has 2 aliphatic rings. The Morgan fingerprint density at radius 3 is 2.81 bits per heavy atom. The summed E-state index contributed by atoms with van der Waals surface area (Å²) < 4.78 is 10.6. The third-order valence-corrected chi connectivity index (χ3v) is 5.50. The van der Waals surface area contributed by atoms with Gasteiger partial charge in [-0.3, -0.25) is 14.5 Å². The number of hydrogen-bond donors (Lipinski definition) is 1. The van der Waals surface area contributed by atoms with Crippen molar-refractivity contribution in [1.29, 1.82) is 0 Å². The number of carbonyl (C=O) groups is 2. The Balaban J connectivity index is 1.47. The fraction of sp³-hybridized carbons (Fsp3) is 0.158. The van der Waals surface area contributed by atoms with Crippen molar-refractivity contribution in [1.82, 2.24) is 4.90 Å². The number of rotatable bonds is 4. The van der Waals surface area contributed by atoms with Crippen LogP contribution in [0.5, 0.6) is 11.5 Å². The highest BCUT2D eigenvalue weighted by Crippen LogP contribution is 2.36. The predicted octanol–water partition coefficient (Wildman–Crippen LogP) is 4.48. The molecule has 1 N–H and O–H groups in total. The van der Waals surface area contributed by atoms with E-state index in [1.165, 1.54) is 0 Å². The van der Waals surface area contributed by atoms with Crippen molar-refractivity contribution in [3.8, 4) is 11.5 Å². The van der Waals surface area contributed by atoms with E-state index in [4.69, 9.17) is 21.1 Å². The smallest absolute Gasteiger partial charge is 0.295 e. The highest BCUT2D eigenvalue weighted by Gasteiger charge is 2.34. The van der Waals surface area contributed by atoms with Crippen molar-refractivity contribution >= 4 is 46.3 Å². The fourth-order valence-electron chi connectivity index (χ4n) is 2.66. The Morgan fingerprint density at radius 1 is 1.19 bits per heavy atom. The van der Waals surface area contributed by atoms with Gasteiger partial charge < -0.3 is 14.8 Å².